The molecule has 6 aromatic rings. The Hall–Kier alpha value is -7.03. The molecule has 67 heavy (non-hydrogen) atoms. The van der Waals surface area contributed by atoms with Gasteiger partial charge in [0, 0.05) is 90.9 Å². The van der Waals surface area contributed by atoms with Crippen molar-refractivity contribution in [2.24, 2.45) is 5.92 Å². The normalized spacial score (nSPS) is 16.2. The van der Waals surface area contributed by atoms with Crippen LogP contribution in [0.4, 0.5) is 27.5 Å². The summed E-state index contributed by atoms with van der Waals surface area (Å²) in [5.41, 5.74) is 6.58. The maximum Gasteiger partial charge on any atom is 0.412 e. The lowest BCUT2D eigenvalue weighted by Crippen LogP contribution is -2.35. The van der Waals surface area contributed by atoms with E-state index in [0.29, 0.717) is 59.4 Å². The summed E-state index contributed by atoms with van der Waals surface area (Å²) in [7, 11) is 6.50. The number of fused-ring (bicyclic) bond motifs is 2. The van der Waals surface area contributed by atoms with Gasteiger partial charge in [-0.2, -0.15) is 0 Å². The fourth-order valence-corrected chi connectivity index (χ4v) is 8.80. The van der Waals surface area contributed by atoms with Crippen molar-refractivity contribution >= 4 is 56.6 Å². The van der Waals surface area contributed by atoms with Crippen molar-refractivity contribution in [3.05, 3.63) is 97.0 Å². The van der Waals surface area contributed by atoms with Crippen molar-refractivity contribution in [2.75, 3.05) is 75.1 Å². The van der Waals surface area contributed by atoms with E-state index < -0.39 is 6.09 Å². The van der Waals surface area contributed by atoms with Gasteiger partial charge in [0.05, 0.1) is 57.9 Å². The maximum atomic E-state index is 12.6. The van der Waals surface area contributed by atoms with E-state index in [-0.39, 0.29) is 18.1 Å². The van der Waals surface area contributed by atoms with Gasteiger partial charge in [0.15, 0.2) is 23.0 Å². The second kappa shape index (κ2) is 21.5. The van der Waals surface area contributed by atoms with Crippen LogP contribution in [0.25, 0.3) is 21.8 Å². The quantitative estimate of drug-likeness (QED) is 0.106. The van der Waals surface area contributed by atoms with Crippen molar-refractivity contribution in [1.82, 2.24) is 15.0 Å². The van der Waals surface area contributed by atoms with Gasteiger partial charge in [-0.3, -0.25) is 20.1 Å². The van der Waals surface area contributed by atoms with Crippen LogP contribution in [0.15, 0.2) is 91.4 Å². The lowest BCUT2D eigenvalue weighted by atomic mass is 9.92. The van der Waals surface area contributed by atoms with E-state index in [4.69, 9.17) is 28.4 Å². The second-order valence-corrected chi connectivity index (χ2v) is 17.5. The molecule has 1 aliphatic carbocycles. The lowest BCUT2D eigenvalue weighted by Gasteiger charge is -2.34. The number of hydrogen-bond donors (Lipinski definition) is 2. The van der Waals surface area contributed by atoms with E-state index in [2.05, 4.69) is 67.4 Å². The number of hydrogen-bond acceptors (Lipinski definition) is 13. The number of nitrogens with one attached hydrogen (secondary N) is 2. The van der Waals surface area contributed by atoms with Gasteiger partial charge in [0.2, 0.25) is 11.8 Å². The molecule has 15 heteroatoms. The minimum Gasteiger partial charge on any atom is -0.493 e. The minimum atomic E-state index is -0.493. The van der Waals surface area contributed by atoms with Crippen LogP contribution in [-0.4, -0.2) is 93.8 Å². The summed E-state index contributed by atoms with van der Waals surface area (Å²) < 4.78 is 33.2. The Bertz CT molecular complexity index is 2630. The first-order valence-corrected chi connectivity index (χ1v) is 23.1. The number of anilines is 4. The third-order valence-corrected chi connectivity index (χ3v) is 12.8. The topological polar surface area (TPSA) is 159 Å². The van der Waals surface area contributed by atoms with Crippen LogP contribution < -0.4 is 44.1 Å². The Kier molecular flexibility index (Phi) is 14.9. The summed E-state index contributed by atoms with van der Waals surface area (Å²) >= 11 is 0. The van der Waals surface area contributed by atoms with E-state index in [9.17, 15) is 9.59 Å². The number of benzene rings is 3. The van der Waals surface area contributed by atoms with Crippen molar-refractivity contribution < 1.29 is 38.0 Å². The third kappa shape index (κ3) is 11.3. The maximum absolute atomic E-state index is 12.6. The molecule has 2 saturated heterocycles. The molecule has 1 atom stereocenters. The van der Waals surface area contributed by atoms with Crippen LogP contribution in [0.5, 0.6) is 28.9 Å². The molecule has 3 aromatic carbocycles. The molecule has 2 aliphatic heterocycles. The Balaban J connectivity index is 0.000000182. The minimum absolute atomic E-state index is 0.0944. The number of piperidine rings is 1. The highest BCUT2D eigenvalue weighted by Crippen LogP contribution is 2.39. The van der Waals surface area contributed by atoms with E-state index in [0.717, 1.165) is 90.6 Å². The number of amides is 2. The van der Waals surface area contributed by atoms with Gasteiger partial charge < -0.3 is 43.5 Å². The van der Waals surface area contributed by atoms with E-state index in [1.54, 1.807) is 53.0 Å². The first kappa shape index (κ1) is 46.5. The Morgan fingerprint density at radius 3 is 1.75 bits per heavy atom. The van der Waals surface area contributed by atoms with Gasteiger partial charge in [-0.1, -0.05) is 26.0 Å². The highest BCUT2D eigenvalue weighted by molar-refractivity contribution is 5.95. The van der Waals surface area contributed by atoms with Crippen LogP contribution in [0.2, 0.25) is 0 Å². The van der Waals surface area contributed by atoms with E-state index >= 15 is 0 Å². The largest absolute Gasteiger partial charge is 0.493 e. The summed E-state index contributed by atoms with van der Waals surface area (Å²) in [6, 6.07) is 23.4. The standard InChI is InChI=1S/C27H33N3O3.C25H28N4O5/c1-18(2)20-5-7-21(8-6-20)29-27(31)15-19-10-13-30(14-11-19)24-9-12-28-23-17-26(33-4)25(32-3)16-22(23)24;1-31-22-12-19-20(13-23(22)32-2)26-10-8-21(19)29-11-9-18(15-29)34-25(30)28-16-6-7-24(27-14-16)33-17-4-3-5-17/h5-9,12,16-19H,10-11,13-15H2,1-4H3,(H,29,31);6-8,10,12-14,17-18H,3-5,9,11,15H2,1-2H3,(H,28,30). The zero-order chi connectivity index (χ0) is 46.9. The van der Waals surface area contributed by atoms with Crippen molar-refractivity contribution in [1.29, 1.82) is 0 Å². The molecule has 3 fully saturated rings. The first-order valence-electron chi connectivity index (χ1n) is 23.1. The van der Waals surface area contributed by atoms with Crippen molar-refractivity contribution in [3.8, 4) is 28.9 Å². The molecular formula is C52H61N7O8. The van der Waals surface area contributed by atoms with Crippen molar-refractivity contribution in [2.45, 2.75) is 76.9 Å². The van der Waals surface area contributed by atoms with Gasteiger partial charge in [-0.25, -0.2) is 9.78 Å². The van der Waals surface area contributed by atoms with E-state index in [1.165, 1.54) is 12.0 Å². The molecule has 0 spiro atoms. The average molecular weight is 912 g/mol. The van der Waals surface area contributed by atoms with Gasteiger partial charge in [-0.05, 0) is 92.0 Å². The summed E-state index contributed by atoms with van der Waals surface area (Å²) in [5, 5.41) is 7.82. The highest BCUT2D eigenvalue weighted by atomic mass is 16.6. The molecule has 2 N–H and O–H groups in total. The number of nitrogens with zero attached hydrogens (tertiary/aromatic N) is 5. The molecule has 1 saturated carbocycles. The first-order chi connectivity index (χ1) is 32.6. The zero-order valence-corrected chi connectivity index (χ0v) is 39.2. The smallest absolute Gasteiger partial charge is 0.412 e. The molecule has 1 unspecified atom stereocenters. The summed E-state index contributed by atoms with van der Waals surface area (Å²) in [6.45, 7) is 7.51. The van der Waals surface area contributed by atoms with Crippen molar-refractivity contribution in [3.63, 3.8) is 0 Å². The predicted molar refractivity (Wildman–Crippen MR) is 262 cm³/mol. The number of pyridine rings is 3. The van der Waals surface area contributed by atoms with Gasteiger partial charge in [-0.15, -0.1) is 0 Å². The number of carbonyl (C=O) groups excluding carboxylic acids is 2. The van der Waals surface area contributed by atoms with Gasteiger partial charge in [0.25, 0.3) is 0 Å². The van der Waals surface area contributed by atoms with Gasteiger partial charge >= 0.3 is 6.09 Å². The molecule has 15 nitrogen and oxygen atoms in total. The van der Waals surface area contributed by atoms with Crippen LogP contribution in [0, 0.1) is 5.92 Å². The molecule has 0 radical (unpaired) electrons. The molecule has 352 valence electrons. The molecule has 0 bridgehead atoms. The number of carbonyl (C=O) groups is 2. The van der Waals surface area contributed by atoms with Gasteiger partial charge in [0.1, 0.15) is 12.2 Å². The SMILES string of the molecule is COc1cc2nccc(N3CCC(CC(=O)Nc4ccc(C(C)C)cc4)CC3)c2cc1OC.COc1cc2nccc(N3CCC(OC(=O)Nc4ccc(OC5CCC5)nc4)C3)c2cc1OC. The molecular weight excluding hydrogens is 851 g/mol. The summed E-state index contributed by atoms with van der Waals surface area (Å²) in [5.74, 6) is 4.21. The average Bonchev–Trinajstić information content (AvgIpc) is 3.80. The lowest BCUT2D eigenvalue weighted by molar-refractivity contribution is -0.117. The number of rotatable bonds is 14. The number of ether oxygens (including phenoxy) is 6. The predicted octanol–water partition coefficient (Wildman–Crippen LogP) is 10.0. The zero-order valence-electron chi connectivity index (χ0n) is 39.2. The van der Waals surface area contributed by atoms with Crippen LogP contribution >= 0.6 is 0 Å². The molecule has 3 aliphatic rings. The monoisotopic (exact) mass is 911 g/mol. The number of methoxy groups -OCH3 is 4. The van der Waals surface area contributed by atoms with Crippen LogP contribution in [0.3, 0.4) is 0 Å². The fraction of sp³-hybridized carbons (Fsp3) is 0.404. The van der Waals surface area contributed by atoms with Crippen LogP contribution in [-0.2, 0) is 9.53 Å². The molecule has 3 aromatic heterocycles. The molecule has 2 amide bonds. The summed E-state index contributed by atoms with van der Waals surface area (Å²) in [4.78, 5) is 42.9. The highest BCUT2D eigenvalue weighted by Gasteiger charge is 2.28. The third-order valence-electron chi connectivity index (χ3n) is 12.8. The number of aromatic nitrogens is 3. The molecule has 5 heterocycles. The Morgan fingerprint density at radius 1 is 0.642 bits per heavy atom. The Morgan fingerprint density at radius 2 is 1.21 bits per heavy atom. The fourth-order valence-electron chi connectivity index (χ4n) is 8.80. The second-order valence-electron chi connectivity index (χ2n) is 17.5. The van der Waals surface area contributed by atoms with Crippen LogP contribution in [0.1, 0.15) is 70.3 Å². The van der Waals surface area contributed by atoms with E-state index in [1.807, 2.05) is 48.7 Å². The Labute approximate surface area is 392 Å². The summed E-state index contributed by atoms with van der Waals surface area (Å²) in [6.07, 6.45) is 11.4. The molecule has 9 rings (SSSR count).